The molecule has 250 valence electrons. The Balaban J connectivity index is 7.45. The van der Waals surface area contributed by atoms with E-state index in [9.17, 15) is 124 Å². The van der Waals surface area contributed by atoms with Gasteiger partial charge in [0.25, 0.3) is 0 Å². The summed E-state index contributed by atoms with van der Waals surface area (Å²) < 4.78 is 341. The van der Waals surface area contributed by atoms with Crippen LogP contribution in [0.15, 0.2) is 0 Å². The fraction of sp³-hybridized carbons (Fsp3) is 0.857. The summed E-state index contributed by atoms with van der Waals surface area (Å²) in [6, 6.07) is -10.4. The number of rotatable bonds is 13. The third-order valence-electron chi connectivity index (χ3n) is 4.83. The van der Waals surface area contributed by atoms with Crippen LogP contribution in [0, 0.1) is 0 Å². The Hall–Kier alpha value is -2.48. The molecule has 0 aromatic rings. The van der Waals surface area contributed by atoms with Gasteiger partial charge in [-0.15, -0.1) is 0 Å². The van der Waals surface area contributed by atoms with Crippen LogP contribution in [0.4, 0.5) is 114 Å². The van der Waals surface area contributed by atoms with E-state index in [0.717, 1.165) is 0 Å². The Morgan fingerprint density at radius 3 is 0.429 bits per heavy atom. The predicted octanol–water partition coefficient (Wildman–Crippen LogP) is 7.60. The smallest absolute Gasteiger partial charge is 0.254 e. The van der Waals surface area contributed by atoms with Crippen LogP contribution in [0.2, 0.25) is 0 Å². The Bertz CT molecular complexity index is 983. The predicted molar refractivity (Wildman–Crippen MR) is 71.6 cm³/mol. The quantitative estimate of drug-likeness (QED) is 0.147. The zero-order chi connectivity index (χ0) is 35.2. The Morgan fingerprint density at radius 1 is 0.238 bits per heavy atom. The lowest BCUT2D eigenvalue weighted by Crippen LogP contribution is -2.78. The molecule has 0 rings (SSSR count). The van der Waals surface area contributed by atoms with Crippen molar-refractivity contribution in [2.45, 2.75) is 71.1 Å². The highest BCUT2D eigenvalue weighted by Crippen LogP contribution is 2.67. The zero-order valence-corrected chi connectivity index (χ0v) is 17.6. The van der Waals surface area contributed by atoms with E-state index >= 15 is 0 Å². The first-order valence-corrected chi connectivity index (χ1v) is 8.57. The highest BCUT2D eigenvalue weighted by atomic mass is 19.4. The van der Waals surface area contributed by atoms with E-state index in [4.69, 9.17) is 0 Å². The first-order chi connectivity index (χ1) is 17.6. The molecule has 0 atom stereocenters. The highest BCUT2D eigenvalue weighted by Gasteiger charge is 3.00. The monoisotopic (exact) mass is 694 g/mol. The molecule has 28 heteroatoms. The maximum absolute atomic E-state index is 13.5. The van der Waals surface area contributed by atoms with Gasteiger partial charge in [-0.25, -0.2) is 0 Å². The third-order valence-corrected chi connectivity index (χ3v) is 4.83. The second kappa shape index (κ2) is 9.51. The van der Waals surface area contributed by atoms with Gasteiger partial charge in [0.15, 0.2) is 0 Å². The molecular weight excluding hydrogens is 694 g/mol. The minimum Gasteiger partial charge on any atom is -0.254 e. The van der Waals surface area contributed by atoms with Crippen molar-refractivity contribution < 1.29 is 124 Å². The van der Waals surface area contributed by atoms with Gasteiger partial charge < -0.3 is 0 Å². The third kappa shape index (κ3) is 4.25. The maximum atomic E-state index is 13.5. The van der Waals surface area contributed by atoms with E-state index in [0.29, 0.717) is 0 Å². The molecule has 0 aliphatic heterocycles. The Kier molecular flexibility index (Phi) is 8.95. The van der Waals surface area contributed by atoms with Gasteiger partial charge in [0.1, 0.15) is 0 Å². The molecule has 0 amide bonds. The second-order valence-electron chi connectivity index (χ2n) is 7.44. The normalized spacial score (nSPS) is 16.5. The average molecular weight is 694 g/mol. The lowest BCUT2D eigenvalue weighted by Gasteiger charge is -2.45. The van der Waals surface area contributed by atoms with Gasteiger partial charge in [0, 0.05) is 0 Å². The van der Waals surface area contributed by atoms with Gasteiger partial charge in [-0.3, -0.25) is 9.59 Å². The van der Waals surface area contributed by atoms with Gasteiger partial charge in [-0.2, -0.15) is 114 Å². The topological polar surface area (TPSA) is 34.1 Å². The number of hydrogen-bond donors (Lipinski definition) is 0. The summed E-state index contributed by atoms with van der Waals surface area (Å²) in [7, 11) is 0. The lowest BCUT2D eigenvalue weighted by molar-refractivity contribution is -0.476. The standard InChI is InChI=1S/C14F26O2/c15-1(41)3(17,18)5(21,22)7(25,26)9(29,30)11(33,34)13(37,38)14(39,40)12(35,36)10(31,32)8(27,28)6(23,24)4(19,20)2(16)42. The SMILES string of the molecule is O=C(F)C(F)(F)C(F)(F)C(F)(F)C(F)(F)C(F)(F)C(F)(F)C(F)(F)C(F)(F)C(F)(F)C(F)(F)C(F)(F)C(F)(F)C(=O)F. The molecule has 0 aromatic carbocycles. The Morgan fingerprint density at radius 2 is 0.333 bits per heavy atom. The van der Waals surface area contributed by atoms with Crippen molar-refractivity contribution in [3.05, 3.63) is 0 Å². The molecule has 0 unspecified atom stereocenters. The van der Waals surface area contributed by atoms with Crippen molar-refractivity contribution >= 4 is 12.1 Å². The molecule has 0 saturated carbocycles. The highest BCUT2D eigenvalue weighted by molar-refractivity contribution is 5.78. The van der Waals surface area contributed by atoms with Crippen LogP contribution in [0.3, 0.4) is 0 Å². The molecule has 2 nitrogen and oxygen atoms in total. The molecule has 0 aliphatic rings. The summed E-state index contributed by atoms with van der Waals surface area (Å²) in [6.45, 7) is 0. The number of carbonyl (C=O) groups is 2. The van der Waals surface area contributed by atoms with Gasteiger partial charge >= 0.3 is 83.1 Å². The van der Waals surface area contributed by atoms with Crippen LogP contribution in [-0.2, 0) is 9.59 Å². The molecular formula is C14F26O2. The van der Waals surface area contributed by atoms with Gasteiger partial charge in [-0.05, 0) is 0 Å². The lowest BCUT2D eigenvalue weighted by atomic mass is 9.84. The van der Waals surface area contributed by atoms with Crippen molar-refractivity contribution in [2.75, 3.05) is 0 Å². The van der Waals surface area contributed by atoms with E-state index in [1.165, 1.54) is 0 Å². The molecule has 0 heterocycles. The maximum Gasteiger partial charge on any atom is 0.404 e. The van der Waals surface area contributed by atoms with Crippen molar-refractivity contribution in [1.29, 1.82) is 0 Å². The minimum absolute atomic E-state index is 5.19. The van der Waals surface area contributed by atoms with Crippen molar-refractivity contribution in [1.82, 2.24) is 0 Å². The summed E-state index contributed by atoms with van der Waals surface area (Å²) in [5, 5.41) is 0. The number of hydrogen-bond acceptors (Lipinski definition) is 2. The first-order valence-electron chi connectivity index (χ1n) is 8.57. The van der Waals surface area contributed by atoms with Crippen molar-refractivity contribution in [2.24, 2.45) is 0 Å². The van der Waals surface area contributed by atoms with E-state index in [2.05, 4.69) is 0 Å². The molecule has 0 spiro atoms. The summed E-state index contributed by atoms with van der Waals surface area (Å²) in [6.07, 6.45) is 0. The summed E-state index contributed by atoms with van der Waals surface area (Å²) >= 11 is 0. The molecule has 0 N–H and O–H groups in total. The largest absolute Gasteiger partial charge is 0.404 e. The van der Waals surface area contributed by atoms with Crippen LogP contribution in [0.25, 0.3) is 0 Å². The molecule has 0 aliphatic carbocycles. The van der Waals surface area contributed by atoms with E-state index in [1.54, 1.807) is 0 Å². The molecule has 0 saturated heterocycles. The van der Waals surface area contributed by atoms with Gasteiger partial charge in [-0.1, -0.05) is 0 Å². The van der Waals surface area contributed by atoms with Crippen molar-refractivity contribution in [3.63, 3.8) is 0 Å². The number of halogens is 26. The van der Waals surface area contributed by atoms with Crippen molar-refractivity contribution in [3.8, 4) is 0 Å². The van der Waals surface area contributed by atoms with E-state index in [-0.39, 0.29) is 0 Å². The molecule has 0 fully saturated rings. The minimum atomic E-state index is -9.77. The van der Waals surface area contributed by atoms with Crippen LogP contribution in [-0.4, -0.2) is 83.1 Å². The molecule has 0 bridgehead atoms. The summed E-state index contributed by atoms with van der Waals surface area (Å²) in [5.74, 6) is -110. The van der Waals surface area contributed by atoms with Crippen LogP contribution >= 0.6 is 0 Å². The number of alkyl halides is 24. The molecule has 42 heavy (non-hydrogen) atoms. The van der Waals surface area contributed by atoms with Crippen LogP contribution in [0.5, 0.6) is 0 Å². The number of carbonyl (C=O) groups excluding carboxylic acids is 2. The summed E-state index contributed by atoms with van der Waals surface area (Å²) in [5.41, 5.74) is 0. The van der Waals surface area contributed by atoms with E-state index in [1.807, 2.05) is 0 Å². The second-order valence-corrected chi connectivity index (χ2v) is 7.44. The van der Waals surface area contributed by atoms with E-state index < -0.39 is 83.1 Å². The van der Waals surface area contributed by atoms with Gasteiger partial charge in [0.05, 0.1) is 0 Å². The average Bonchev–Trinajstić information content (AvgIpc) is 2.77. The fourth-order valence-electron chi connectivity index (χ4n) is 2.22. The fourth-order valence-corrected chi connectivity index (χ4v) is 2.22. The summed E-state index contributed by atoms with van der Waals surface area (Å²) in [4.78, 5) is 19.4. The first kappa shape index (κ1) is 39.5. The zero-order valence-electron chi connectivity index (χ0n) is 17.6. The molecule has 0 aromatic heterocycles. The van der Waals surface area contributed by atoms with Crippen LogP contribution < -0.4 is 0 Å². The van der Waals surface area contributed by atoms with Crippen LogP contribution in [0.1, 0.15) is 0 Å². The Labute approximate surface area is 208 Å². The molecule has 0 radical (unpaired) electrons. The van der Waals surface area contributed by atoms with Gasteiger partial charge in [0.2, 0.25) is 0 Å².